The topological polar surface area (TPSA) is 93.1 Å². The molecule has 0 spiro atoms. The van der Waals surface area contributed by atoms with E-state index >= 15 is 0 Å². The maximum absolute atomic E-state index is 13.0. The van der Waals surface area contributed by atoms with Crippen molar-refractivity contribution >= 4 is 17.5 Å². The van der Waals surface area contributed by atoms with E-state index in [-0.39, 0.29) is 11.8 Å². The molecule has 180 valence electrons. The molecule has 1 heterocycles. The highest BCUT2D eigenvalue weighted by Crippen LogP contribution is 2.39. The fraction of sp³-hybridized carbons (Fsp3) is 0.481. The molecule has 2 aromatic carbocycles. The van der Waals surface area contributed by atoms with Gasteiger partial charge in [-0.3, -0.25) is 14.5 Å². The number of aliphatic hydroxyl groups excluding tert-OH is 1. The Kier molecular flexibility index (Phi) is 6.42. The first-order valence-electron chi connectivity index (χ1n) is 12.4. The van der Waals surface area contributed by atoms with Gasteiger partial charge < -0.3 is 20.4 Å². The molecule has 34 heavy (non-hydrogen) atoms. The van der Waals surface area contributed by atoms with E-state index in [1.807, 2.05) is 53.4 Å². The molecule has 2 aromatic rings. The van der Waals surface area contributed by atoms with Crippen LogP contribution in [-0.2, 0) is 4.79 Å². The normalized spacial score (nSPS) is 20.9. The number of nitrogens with zero attached hydrogens (tertiary/aromatic N) is 2. The van der Waals surface area contributed by atoms with Crippen molar-refractivity contribution < 1.29 is 19.8 Å². The molecular formula is C27H33N3O4. The lowest BCUT2D eigenvalue weighted by molar-refractivity contribution is -0.117. The van der Waals surface area contributed by atoms with Crippen molar-refractivity contribution in [3.63, 3.8) is 0 Å². The quantitative estimate of drug-likeness (QED) is 0.587. The van der Waals surface area contributed by atoms with Gasteiger partial charge in [-0.25, -0.2) is 0 Å². The summed E-state index contributed by atoms with van der Waals surface area (Å²) >= 11 is 0. The van der Waals surface area contributed by atoms with Crippen molar-refractivity contribution in [3.8, 4) is 11.1 Å². The van der Waals surface area contributed by atoms with Gasteiger partial charge in [-0.2, -0.15) is 0 Å². The molecule has 1 saturated heterocycles. The molecule has 7 nitrogen and oxygen atoms in total. The summed E-state index contributed by atoms with van der Waals surface area (Å²) in [5, 5.41) is 23.5. The Bertz CT molecular complexity index is 1040. The van der Waals surface area contributed by atoms with Gasteiger partial charge >= 0.3 is 0 Å². The minimum Gasteiger partial charge on any atom is -0.386 e. The van der Waals surface area contributed by atoms with Crippen LogP contribution in [0.5, 0.6) is 0 Å². The number of hydrogen-bond acceptors (Lipinski definition) is 5. The molecule has 3 aliphatic rings. The van der Waals surface area contributed by atoms with Crippen LogP contribution in [0.1, 0.15) is 48.9 Å². The predicted molar refractivity (Wildman–Crippen MR) is 130 cm³/mol. The third kappa shape index (κ3) is 5.02. The largest absolute Gasteiger partial charge is 0.386 e. The van der Waals surface area contributed by atoms with Crippen molar-refractivity contribution in [2.45, 2.75) is 50.4 Å². The van der Waals surface area contributed by atoms with Gasteiger partial charge in [0, 0.05) is 43.9 Å². The van der Waals surface area contributed by atoms with E-state index in [9.17, 15) is 19.8 Å². The van der Waals surface area contributed by atoms with Crippen LogP contribution >= 0.6 is 0 Å². The summed E-state index contributed by atoms with van der Waals surface area (Å²) in [7, 11) is 0. The van der Waals surface area contributed by atoms with Crippen LogP contribution in [0.25, 0.3) is 11.1 Å². The van der Waals surface area contributed by atoms with E-state index in [0.29, 0.717) is 56.9 Å². The summed E-state index contributed by atoms with van der Waals surface area (Å²) in [5.74, 6) is 0.579. The van der Waals surface area contributed by atoms with Gasteiger partial charge in [-0.05, 0) is 67.0 Å². The third-order valence-corrected chi connectivity index (χ3v) is 7.50. The predicted octanol–water partition coefficient (Wildman–Crippen LogP) is 3.08. The first-order valence-corrected chi connectivity index (χ1v) is 12.4. The second-order valence-electron chi connectivity index (χ2n) is 10.0. The molecule has 7 heteroatoms. The summed E-state index contributed by atoms with van der Waals surface area (Å²) in [5.41, 5.74) is 2.43. The fourth-order valence-corrected chi connectivity index (χ4v) is 4.83. The van der Waals surface area contributed by atoms with Gasteiger partial charge in [0.1, 0.15) is 11.8 Å². The second kappa shape index (κ2) is 9.49. The Morgan fingerprint density at radius 1 is 1.00 bits per heavy atom. The molecule has 2 aliphatic carbocycles. The number of nitrogens with one attached hydrogen (secondary N) is 1. The second-order valence-corrected chi connectivity index (χ2v) is 10.0. The first-order chi connectivity index (χ1) is 16.4. The molecule has 5 rings (SSSR count). The third-order valence-electron chi connectivity index (χ3n) is 7.50. The van der Waals surface area contributed by atoms with E-state index in [1.165, 1.54) is 6.42 Å². The monoisotopic (exact) mass is 463 g/mol. The number of rotatable bonds is 7. The molecular weight excluding hydrogens is 430 g/mol. The van der Waals surface area contributed by atoms with Gasteiger partial charge in [0.15, 0.2) is 0 Å². The average molecular weight is 464 g/mol. The number of carbonyl (C=O) groups is 2. The van der Waals surface area contributed by atoms with Crippen LogP contribution in [-0.4, -0.2) is 69.8 Å². The first kappa shape index (κ1) is 23.0. The van der Waals surface area contributed by atoms with Crippen molar-refractivity contribution in [1.29, 1.82) is 0 Å². The van der Waals surface area contributed by atoms with E-state index < -0.39 is 11.8 Å². The van der Waals surface area contributed by atoms with E-state index in [4.69, 9.17) is 0 Å². The highest BCUT2D eigenvalue weighted by atomic mass is 16.4. The Labute approximate surface area is 200 Å². The molecule has 1 atom stereocenters. The molecule has 0 bridgehead atoms. The zero-order valence-corrected chi connectivity index (χ0v) is 19.4. The standard InChI is InChI=1S/C27H33N3O4/c31-24(17-19-3-1-4-19)28-23-6-2-5-22(18-23)20-7-9-21(10-8-20)25(32)29-13-15-30(16-14-29)26(33)27(34)11-12-27/h2,5-10,18-19,26,33-34H,1,3-4,11-17H2,(H,28,31). The number of anilines is 1. The molecule has 3 fully saturated rings. The highest BCUT2D eigenvalue weighted by molar-refractivity contribution is 5.95. The van der Waals surface area contributed by atoms with Crippen LogP contribution < -0.4 is 5.32 Å². The number of amides is 2. The van der Waals surface area contributed by atoms with Gasteiger partial charge in [0.2, 0.25) is 5.91 Å². The van der Waals surface area contributed by atoms with Gasteiger partial charge in [0.05, 0.1) is 0 Å². The molecule has 0 aromatic heterocycles. The van der Waals surface area contributed by atoms with E-state index in [2.05, 4.69) is 5.32 Å². The lowest BCUT2D eigenvalue weighted by Crippen LogP contribution is -2.55. The van der Waals surface area contributed by atoms with Crippen molar-refractivity contribution in [3.05, 3.63) is 54.1 Å². The SMILES string of the molecule is O=C(CC1CCC1)Nc1cccc(-c2ccc(C(=O)N3CCN(C(O)C4(O)CC4)CC3)cc2)c1. The van der Waals surface area contributed by atoms with Crippen molar-refractivity contribution in [2.24, 2.45) is 5.92 Å². The zero-order valence-electron chi connectivity index (χ0n) is 19.4. The minimum atomic E-state index is -0.960. The molecule has 1 unspecified atom stereocenters. The van der Waals surface area contributed by atoms with Crippen LogP contribution in [0.3, 0.4) is 0 Å². The highest BCUT2D eigenvalue weighted by Gasteiger charge is 2.50. The lowest BCUT2D eigenvalue weighted by atomic mass is 9.83. The fourth-order valence-electron chi connectivity index (χ4n) is 4.83. The summed E-state index contributed by atoms with van der Waals surface area (Å²) < 4.78 is 0. The smallest absolute Gasteiger partial charge is 0.253 e. The molecule has 2 saturated carbocycles. The molecule has 0 radical (unpaired) electrons. The van der Waals surface area contributed by atoms with E-state index in [0.717, 1.165) is 29.7 Å². The maximum Gasteiger partial charge on any atom is 0.253 e. The number of piperazine rings is 1. The van der Waals surface area contributed by atoms with Crippen molar-refractivity contribution in [2.75, 3.05) is 31.5 Å². The average Bonchev–Trinajstić information content (AvgIpc) is 3.59. The minimum absolute atomic E-state index is 0.0252. The molecule has 3 N–H and O–H groups in total. The zero-order chi connectivity index (χ0) is 23.7. The maximum atomic E-state index is 13.0. The Hall–Kier alpha value is -2.74. The van der Waals surface area contributed by atoms with Gasteiger partial charge in [0.25, 0.3) is 5.91 Å². The molecule has 1 aliphatic heterocycles. The van der Waals surface area contributed by atoms with Gasteiger partial charge in [-0.1, -0.05) is 30.7 Å². The van der Waals surface area contributed by atoms with E-state index in [1.54, 1.807) is 4.90 Å². The van der Waals surface area contributed by atoms with Crippen LogP contribution in [0.2, 0.25) is 0 Å². The number of carbonyl (C=O) groups excluding carboxylic acids is 2. The summed E-state index contributed by atoms with van der Waals surface area (Å²) in [6, 6.07) is 15.3. The van der Waals surface area contributed by atoms with Crippen LogP contribution in [0.15, 0.2) is 48.5 Å². The number of aliphatic hydroxyl groups is 2. The Morgan fingerprint density at radius 3 is 2.32 bits per heavy atom. The van der Waals surface area contributed by atoms with Gasteiger partial charge in [-0.15, -0.1) is 0 Å². The van der Waals surface area contributed by atoms with Crippen LogP contribution in [0, 0.1) is 5.92 Å². The summed E-state index contributed by atoms with van der Waals surface area (Å²) in [6.45, 7) is 2.14. The van der Waals surface area contributed by atoms with Crippen molar-refractivity contribution in [1.82, 2.24) is 9.80 Å². The number of hydrogen-bond donors (Lipinski definition) is 3. The Morgan fingerprint density at radius 2 is 1.71 bits per heavy atom. The summed E-state index contributed by atoms with van der Waals surface area (Å²) in [4.78, 5) is 28.9. The lowest BCUT2D eigenvalue weighted by Gasteiger charge is -2.38. The Balaban J connectivity index is 1.17. The number of benzene rings is 2. The molecule has 2 amide bonds. The van der Waals surface area contributed by atoms with Crippen LogP contribution in [0.4, 0.5) is 5.69 Å². The summed E-state index contributed by atoms with van der Waals surface area (Å²) in [6.07, 6.45) is 4.55.